The van der Waals surface area contributed by atoms with E-state index in [0.717, 1.165) is 31.8 Å². The van der Waals surface area contributed by atoms with Crippen molar-refractivity contribution in [1.82, 2.24) is 0 Å². The smallest absolute Gasteiger partial charge is 0.0877 e. The Morgan fingerprint density at radius 3 is 2.50 bits per heavy atom. The van der Waals surface area contributed by atoms with E-state index in [1.165, 1.54) is 0 Å². The van der Waals surface area contributed by atoms with Gasteiger partial charge in [-0.05, 0) is 19.8 Å². The van der Waals surface area contributed by atoms with E-state index < -0.39 is 0 Å². The summed E-state index contributed by atoms with van der Waals surface area (Å²) in [6, 6.07) is 0. The summed E-state index contributed by atoms with van der Waals surface area (Å²) in [4.78, 5) is 0. The minimum Gasteiger partial charge on any atom is -0.499 e. The first-order chi connectivity index (χ1) is 5.77. The third-order valence-corrected chi connectivity index (χ3v) is 1.29. The van der Waals surface area contributed by atoms with Gasteiger partial charge in [0, 0.05) is 13.2 Å². The Balaban J connectivity index is 2.86. The van der Waals surface area contributed by atoms with E-state index in [4.69, 9.17) is 15.2 Å². The molecule has 0 fully saturated rings. The van der Waals surface area contributed by atoms with Crippen molar-refractivity contribution in [2.75, 3.05) is 26.4 Å². The van der Waals surface area contributed by atoms with Gasteiger partial charge >= 0.3 is 0 Å². The summed E-state index contributed by atoms with van der Waals surface area (Å²) in [6.07, 6.45) is 2.03. The number of nitrogens with two attached hydrogens (primary N) is 1. The lowest BCUT2D eigenvalue weighted by atomic mass is 10.3. The van der Waals surface area contributed by atoms with Gasteiger partial charge in [-0.15, -0.1) is 0 Å². The SMILES string of the molecule is C=C(C)OCCCCOCCN. The molecule has 0 spiro atoms. The van der Waals surface area contributed by atoms with Gasteiger partial charge in [-0.3, -0.25) is 0 Å². The average molecular weight is 173 g/mol. The summed E-state index contributed by atoms with van der Waals surface area (Å²) >= 11 is 0. The first kappa shape index (κ1) is 11.5. The summed E-state index contributed by atoms with van der Waals surface area (Å²) in [7, 11) is 0. The molecule has 0 heterocycles. The van der Waals surface area contributed by atoms with Gasteiger partial charge < -0.3 is 15.2 Å². The topological polar surface area (TPSA) is 44.5 Å². The molecule has 0 atom stereocenters. The molecule has 0 saturated carbocycles. The van der Waals surface area contributed by atoms with Gasteiger partial charge in [-0.2, -0.15) is 0 Å². The molecule has 12 heavy (non-hydrogen) atoms. The molecule has 3 heteroatoms. The largest absolute Gasteiger partial charge is 0.499 e. The van der Waals surface area contributed by atoms with Crippen LogP contribution in [0.2, 0.25) is 0 Å². The van der Waals surface area contributed by atoms with Crippen LogP contribution in [0.5, 0.6) is 0 Å². The second kappa shape index (κ2) is 8.56. The van der Waals surface area contributed by atoms with E-state index in [9.17, 15) is 0 Å². The van der Waals surface area contributed by atoms with Crippen molar-refractivity contribution < 1.29 is 9.47 Å². The highest BCUT2D eigenvalue weighted by Crippen LogP contribution is 1.95. The number of hydrogen-bond donors (Lipinski definition) is 1. The molecule has 0 aromatic carbocycles. The maximum atomic E-state index is 5.25. The van der Waals surface area contributed by atoms with Gasteiger partial charge in [0.2, 0.25) is 0 Å². The van der Waals surface area contributed by atoms with Crippen LogP contribution < -0.4 is 5.73 Å². The molecule has 0 amide bonds. The van der Waals surface area contributed by atoms with E-state index >= 15 is 0 Å². The summed E-state index contributed by atoms with van der Waals surface area (Å²) in [5.74, 6) is 0.776. The lowest BCUT2D eigenvalue weighted by Gasteiger charge is -2.04. The molecule has 0 aliphatic rings. The molecule has 0 aromatic heterocycles. The summed E-state index contributed by atoms with van der Waals surface area (Å²) in [5.41, 5.74) is 5.25. The molecule has 2 N–H and O–H groups in total. The monoisotopic (exact) mass is 173 g/mol. The second-order valence-corrected chi connectivity index (χ2v) is 2.66. The summed E-state index contributed by atoms with van der Waals surface area (Å²) in [6.45, 7) is 8.25. The molecule has 3 nitrogen and oxygen atoms in total. The quantitative estimate of drug-likeness (QED) is 0.444. The third kappa shape index (κ3) is 9.46. The van der Waals surface area contributed by atoms with Crippen molar-refractivity contribution in [3.05, 3.63) is 12.3 Å². The molecular weight excluding hydrogens is 154 g/mol. The lowest BCUT2D eigenvalue weighted by Crippen LogP contribution is -2.09. The Morgan fingerprint density at radius 2 is 1.92 bits per heavy atom. The highest BCUT2D eigenvalue weighted by molar-refractivity contribution is 4.73. The van der Waals surface area contributed by atoms with Gasteiger partial charge in [0.05, 0.1) is 19.0 Å². The molecule has 72 valence electrons. The van der Waals surface area contributed by atoms with Crippen molar-refractivity contribution in [3.63, 3.8) is 0 Å². The van der Waals surface area contributed by atoms with E-state index in [-0.39, 0.29) is 0 Å². The molecular formula is C9H19NO2. The molecule has 0 aliphatic carbocycles. The summed E-state index contributed by atoms with van der Waals surface area (Å²) < 4.78 is 10.4. The van der Waals surface area contributed by atoms with Crippen LogP contribution in [0.25, 0.3) is 0 Å². The van der Waals surface area contributed by atoms with Crippen molar-refractivity contribution in [3.8, 4) is 0 Å². The predicted molar refractivity (Wildman–Crippen MR) is 49.9 cm³/mol. The molecule has 0 saturated heterocycles. The second-order valence-electron chi connectivity index (χ2n) is 2.66. The van der Waals surface area contributed by atoms with Gasteiger partial charge in [-0.25, -0.2) is 0 Å². The number of unbranched alkanes of at least 4 members (excludes halogenated alkanes) is 1. The van der Waals surface area contributed by atoms with Crippen molar-refractivity contribution in [2.24, 2.45) is 5.73 Å². The van der Waals surface area contributed by atoms with Crippen LogP contribution in [0.1, 0.15) is 19.8 Å². The van der Waals surface area contributed by atoms with Crippen molar-refractivity contribution >= 4 is 0 Å². The Bertz CT molecular complexity index is 115. The van der Waals surface area contributed by atoms with Crippen LogP contribution in [0.4, 0.5) is 0 Å². The molecule has 0 radical (unpaired) electrons. The standard InChI is InChI=1S/C9H19NO2/c1-9(2)12-7-4-3-6-11-8-5-10/h1,3-8,10H2,2H3. The molecule has 0 aromatic rings. The Kier molecular flexibility index (Phi) is 8.17. The number of hydrogen-bond acceptors (Lipinski definition) is 3. The van der Waals surface area contributed by atoms with Crippen LogP contribution in [0.3, 0.4) is 0 Å². The molecule has 0 unspecified atom stereocenters. The van der Waals surface area contributed by atoms with Crippen LogP contribution in [-0.4, -0.2) is 26.4 Å². The van der Waals surface area contributed by atoms with E-state index in [1.54, 1.807) is 0 Å². The Labute approximate surface area is 74.5 Å². The van der Waals surface area contributed by atoms with E-state index in [0.29, 0.717) is 13.2 Å². The zero-order chi connectivity index (χ0) is 9.23. The normalized spacial score (nSPS) is 9.83. The highest BCUT2D eigenvalue weighted by Gasteiger charge is 1.89. The van der Waals surface area contributed by atoms with Gasteiger partial charge in [0.25, 0.3) is 0 Å². The number of allylic oxidation sites excluding steroid dienone is 1. The van der Waals surface area contributed by atoms with Crippen LogP contribution in [0.15, 0.2) is 12.3 Å². The Morgan fingerprint density at radius 1 is 1.25 bits per heavy atom. The van der Waals surface area contributed by atoms with E-state index in [1.807, 2.05) is 6.92 Å². The fourth-order valence-electron chi connectivity index (χ4n) is 0.738. The minimum absolute atomic E-state index is 0.599. The third-order valence-electron chi connectivity index (χ3n) is 1.29. The highest BCUT2D eigenvalue weighted by atomic mass is 16.5. The maximum Gasteiger partial charge on any atom is 0.0877 e. The van der Waals surface area contributed by atoms with Crippen LogP contribution in [0, 0.1) is 0 Å². The zero-order valence-corrected chi connectivity index (χ0v) is 7.84. The molecule has 0 bridgehead atoms. The van der Waals surface area contributed by atoms with Gasteiger partial charge in [0.15, 0.2) is 0 Å². The summed E-state index contributed by atoms with van der Waals surface area (Å²) in [5, 5.41) is 0. The van der Waals surface area contributed by atoms with E-state index in [2.05, 4.69) is 6.58 Å². The fraction of sp³-hybridized carbons (Fsp3) is 0.778. The predicted octanol–water partition coefficient (Wildman–Crippen LogP) is 1.29. The zero-order valence-electron chi connectivity index (χ0n) is 7.84. The minimum atomic E-state index is 0.599. The number of rotatable bonds is 8. The van der Waals surface area contributed by atoms with Gasteiger partial charge in [-0.1, -0.05) is 6.58 Å². The number of ether oxygens (including phenoxy) is 2. The van der Waals surface area contributed by atoms with Crippen molar-refractivity contribution in [2.45, 2.75) is 19.8 Å². The maximum absolute atomic E-state index is 5.25. The first-order valence-corrected chi connectivity index (χ1v) is 4.33. The lowest BCUT2D eigenvalue weighted by molar-refractivity contribution is 0.127. The fourth-order valence-corrected chi connectivity index (χ4v) is 0.738. The average Bonchev–Trinajstić information content (AvgIpc) is 2.02. The van der Waals surface area contributed by atoms with Crippen LogP contribution in [-0.2, 0) is 9.47 Å². The first-order valence-electron chi connectivity index (χ1n) is 4.33. The van der Waals surface area contributed by atoms with Gasteiger partial charge in [0.1, 0.15) is 0 Å². The Hall–Kier alpha value is -0.540. The molecule has 0 rings (SSSR count). The van der Waals surface area contributed by atoms with Crippen LogP contribution >= 0.6 is 0 Å². The van der Waals surface area contributed by atoms with Crippen molar-refractivity contribution in [1.29, 1.82) is 0 Å². The molecule has 0 aliphatic heterocycles.